The van der Waals surface area contributed by atoms with Gasteiger partial charge in [-0.05, 0) is 44.7 Å². The van der Waals surface area contributed by atoms with Crippen molar-refractivity contribution in [2.45, 2.75) is 38.6 Å². The highest BCUT2D eigenvalue weighted by Gasteiger charge is 2.33. The lowest BCUT2D eigenvalue weighted by atomic mass is 10.1. The number of aromatic nitrogens is 2. The summed E-state index contributed by atoms with van der Waals surface area (Å²) in [6, 6.07) is 3.42. The first kappa shape index (κ1) is 19.8. The number of aryl methyl sites for hydroxylation is 1. The molecule has 2 aromatic heterocycles. The van der Waals surface area contributed by atoms with Gasteiger partial charge >= 0.3 is 0 Å². The summed E-state index contributed by atoms with van der Waals surface area (Å²) in [5.74, 6) is 0.272. The van der Waals surface area contributed by atoms with Gasteiger partial charge < -0.3 is 9.80 Å². The molecule has 0 unspecified atom stereocenters. The Morgan fingerprint density at radius 1 is 1.14 bits per heavy atom. The van der Waals surface area contributed by atoms with E-state index in [1.165, 1.54) is 0 Å². The predicted molar refractivity (Wildman–Crippen MR) is 112 cm³/mol. The van der Waals surface area contributed by atoms with Gasteiger partial charge in [0.2, 0.25) is 0 Å². The fourth-order valence-corrected chi connectivity index (χ4v) is 4.94. The fraction of sp³-hybridized carbons (Fsp3) is 0.500. The van der Waals surface area contributed by atoms with E-state index in [1.54, 1.807) is 24.5 Å². The Hall–Kier alpha value is -2.52. The molecule has 29 heavy (non-hydrogen) atoms. The molecule has 0 aromatic carbocycles. The number of carbonyl (C=O) groups excluding carboxylic acids is 2. The van der Waals surface area contributed by atoms with Gasteiger partial charge in [-0.3, -0.25) is 15.0 Å². The number of anilines is 1. The van der Waals surface area contributed by atoms with Gasteiger partial charge in [0.25, 0.3) is 11.8 Å². The Bertz CT molecular complexity index is 908. The monoisotopic (exact) mass is 414 g/mol. The average molecular weight is 415 g/mol. The van der Waals surface area contributed by atoms with Crippen LogP contribution in [0.4, 0.5) is 5.82 Å². The molecule has 0 aliphatic carbocycles. The molecule has 1 atom stereocenters. The first-order valence-electron chi connectivity index (χ1n) is 10.0. The number of nitrogens with one attached hydrogen (secondary N) is 2. The second-order valence-electron chi connectivity index (χ2n) is 7.48. The number of rotatable bonds is 5. The summed E-state index contributed by atoms with van der Waals surface area (Å²) in [5, 5.41) is 3.00. The van der Waals surface area contributed by atoms with E-state index < -0.39 is 0 Å². The zero-order chi connectivity index (χ0) is 20.4. The minimum atomic E-state index is -0.351. The minimum Gasteiger partial charge on any atom is -0.357 e. The first-order chi connectivity index (χ1) is 14.1. The van der Waals surface area contributed by atoms with Gasteiger partial charge in [-0.1, -0.05) is 0 Å². The molecule has 8 nitrogen and oxygen atoms in total. The van der Waals surface area contributed by atoms with Crippen molar-refractivity contribution in [2.24, 2.45) is 0 Å². The lowest BCUT2D eigenvalue weighted by molar-refractivity contribution is 0.0735. The van der Waals surface area contributed by atoms with Crippen LogP contribution in [0.5, 0.6) is 0 Å². The lowest BCUT2D eigenvalue weighted by Crippen LogP contribution is -2.36. The number of carbonyl (C=O) groups is 2. The van der Waals surface area contributed by atoms with E-state index in [-0.39, 0.29) is 23.6 Å². The third kappa shape index (κ3) is 4.11. The molecule has 2 aliphatic heterocycles. The summed E-state index contributed by atoms with van der Waals surface area (Å²) in [5.41, 5.74) is 6.91. The maximum atomic E-state index is 13.4. The molecule has 2 fully saturated rings. The molecule has 9 heteroatoms. The Morgan fingerprint density at radius 2 is 1.93 bits per heavy atom. The lowest BCUT2D eigenvalue weighted by Gasteiger charge is -2.24. The third-order valence-corrected chi connectivity index (χ3v) is 6.46. The molecule has 0 saturated carbocycles. The van der Waals surface area contributed by atoms with Crippen molar-refractivity contribution in [1.82, 2.24) is 25.7 Å². The molecule has 0 spiro atoms. The van der Waals surface area contributed by atoms with Crippen LogP contribution in [0.1, 0.15) is 63.3 Å². The summed E-state index contributed by atoms with van der Waals surface area (Å²) in [6.07, 6.45) is 4.05. The summed E-state index contributed by atoms with van der Waals surface area (Å²) in [4.78, 5) is 39.0. The van der Waals surface area contributed by atoms with Crippen LogP contribution >= 0.6 is 11.3 Å². The third-order valence-electron chi connectivity index (χ3n) is 5.40. The van der Waals surface area contributed by atoms with E-state index in [2.05, 4.69) is 25.7 Å². The van der Waals surface area contributed by atoms with Crippen LogP contribution in [0.3, 0.4) is 0 Å². The molecule has 154 valence electrons. The summed E-state index contributed by atoms with van der Waals surface area (Å²) >= 11 is 1.60. The standard InChI is InChI=1S/C20H26N6O2S/c1-13-12-29-19(22-13)16-6-5-9-26(16)20(28)14-10-15(18(27)24-21-2)23-17(11-14)25-7-3-4-8-25/h10-12,16,21H,3-9H2,1-2H3,(H,24,27)/t16-/m1/s1. The zero-order valence-electron chi connectivity index (χ0n) is 16.8. The SMILES string of the molecule is CNNC(=O)c1cc(C(=O)N2CCC[C@@H]2c2nc(C)cs2)cc(N2CCCC2)n1. The molecular formula is C20H26N6O2S. The molecule has 0 radical (unpaired) electrons. The second kappa shape index (κ2) is 8.46. The molecule has 2 aliphatic rings. The van der Waals surface area contributed by atoms with Crippen molar-refractivity contribution in [3.63, 3.8) is 0 Å². The molecular weight excluding hydrogens is 388 g/mol. The quantitative estimate of drug-likeness (QED) is 0.730. The van der Waals surface area contributed by atoms with E-state index in [1.807, 2.05) is 23.3 Å². The Balaban J connectivity index is 1.66. The van der Waals surface area contributed by atoms with E-state index in [9.17, 15) is 9.59 Å². The van der Waals surface area contributed by atoms with Crippen molar-refractivity contribution < 1.29 is 9.59 Å². The maximum absolute atomic E-state index is 13.4. The molecule has 2 N–H and O–H groups in total. The predicted octanol–water partition coefficient (Wildman–Crippen LogP) is 2.29. The number of thiazole rings is 1. The Morgan fingerprint density at radius 3 is 2.62 bits per heavy atom. The van der Waals surface area contributed by atoms with Gasteiger partial charge in [-0.25, -0.2) is 15.4 Å². The summed E-state index contributed by atoms with van der Waals surface area (Å²) < 4.78 is 0. The topological polar surface area (TPSA) is 90.5 Å². The van der Waals surface area contributed by atoms with Gasteiger partial charge in [0.15, 0.2) is 0 Å². The number of likely N-dealkylation sites (tertiary alicyclic amines) is 1. The summed E-state index contributed by atoms with van der Waals surface area (Å²) in [6.45, 7) is 4.45. The second-order valence-corrected chi connectivity index (χ2v) is 8.37. The van der Waals surface area contributed by atoms with E-state index in [0.717, 1.165) is 49.5 Å². The number of hydrogen-bond acceptors (Lipinski definition) is 7. The largest absolute Gasteiger partial charge is 0.357 e. The number of amides is 2. The molecule has 0 bridgehead atoms. The van der Waals surface area contributed by atoms with E-state index in [4.69, 9.17) is 0 Å². The fourth-order valence-electron chi connectivity index (χ4n) is 4.00. The average Bonchev–Trinajstić information content (AvgIpc) is 3.48. The normalized spacial score (nSPS) is 19.0. The van der Waals surface area contributed by atoms with Crippen molar-refractivity contribution in [2.75, 3.05) is 31.6 Å². The molecule has 2 amide bonds. The first-order valence-corrected chi connectivity index (χ1v) is 10.9. The van der Waals surface area contributed by atoms with Crippen LogP contribution in [0.15, 0.2) is 17.5 Å². The summed E-state index contributed by atoms with van der Waals surface area (Å²) in [7, 11) is 1.62. The smallest absolute Gasteiger partial charge is 0.284 e. The van der Waals surface area contributed by atoms with E-state index in [0.29, 0.717) is 17.9 Å². The highest BCUT2D eigenvalue weighted by atomic mass is 32.1. The molecule has 4 rings (SSSR count). The Labute approximate surface area is 174 Å². The van der Waals surface area contributed by atoms with Gasteiger partial charge in [0.1, 0.15) is 16.5 Å². The van der Waals surface area contributed by atoms with Crippen LogP contribution in [-0.2, 0) is 0 Å². The number of pyridine rings is 1. The van der Waals surface area contributed by atoms with Crippen LogP contribution < -0.4 is 15.8 Å². The molecule has 2 aromatic rings. The Kier molecular flexibility index (Phi) is 5.77. The molecule has 4 heterocycles. The van der Waals surface area contributed by atoms with Crippen LogP contribution in [0.25, 0.3) is 0 Å². The van der Waals surface area contributed by atoms with Crippen molar-refractivity contribution >= 4 is 29.0 Å². The van der Waals surface area contributed by atoms with Gasteiger partial charge in [-0.15, -0.1) is 11.3 Å². The number of hydrazine groups is 1. The zero-order valence-corrected chi connectivity index (χ0v) is 17.6. The minimum absolute atomic E-state index is 0.000753. The van der Waals surface area contributed by atoms with Crippen molar-refractivity contribution in [3.05, 3.63) is 39.5 Å². The number of hydrogen-bond donors (Lipinski definition) is 2. The highest BCUT2D eigenvalue weighted by Crippen LogP contribution is 2.35. The van der Waals surface area contributed by atoms with Crippen LogP contribution in [0.2, 0.25) is 0 Å². The van der Waals surface area contributed by atoms with Gasteiger partial charge in [0.05, 0.1) is 6.04 Å². The number of nitrogens with zero attached hydrogens (tertiary/aromatic N) is 4. The highest BCUT2D eigenvalue weighted by molar-refractivity contribution is 7.09. The van der Waals surface area contributed by atoms with E-state index >= 15 is 0 Å². The van der Waals surface area contributed by atoms with Gasteiger partial charge in [-0.2, -0.15) is 0 Å². The molecule has 2 saturated heterocycles. The van der Waals surface area contributed by atoms with Gasteiger partial charge in [0, 0.05) is 43.3 Å². The van der Waals surface area contributed by atoms with Crippen LogP contribution in [0, 0.1) is 6.92 Å². The van der Waals surface area contributed by atoms with Crippen molar-refractivity contribution in [1.29, 1.82) is 0 Å². The van der Waals surface area contributed by atoms with Crippen molar-refractivity contribution in [3.8, 4) is 0 Å². The maximum Gasteiger partial charge on any atom is 0.284 e. The van der Waals surface area contributed by atoms with Crippen LogP contribution in [-0.4, -0.2) is 53.4 Å².